The summed E-state index contributed by atoms with van der Waals surface area (Å²) in [4.78, 5) is 0. The third kappa shape index (κ3) is 6.83. The van der Waals surface area contributed by atoms with Gasteiger partial charge in [-0.15, -0.1) is 0 Å². The van der Waals surface area contributed by atoms with Crippen molar-refractivity contribution in [3.8, 4) is 0 Å². The van der Waals surface area contributed by atoms with E-state index in [1.807, 2.05) is 0 Å². The lowest BCUT2D eigenvalue weighted by Crippen LogP contribution is -1.93. The average Bonchev–Trinajstić information content (AvgIpc) is 2.33. The number of rotatable bonds is 8. The summed E-state index contributed by atoms with van der Waals surface area (Å²) in [6.07, 6.45) is 7.85. The quantitative estimate of drug-likeness (QED) is 0.520. The molecule has 0 aliphatic carbocycles. The Morgan fingerprint density at radius 2 is 1.17 bits per heavy atom. The molecule has 18 heavy (non-hydrogen) atoms. The second-order valence-corrected chi connectivity index (χ2v) is 6.39. The molecule has 0 amide bonds. The topological polar surface area (TPSA) is 0 Å². The monoisotopic (exact) mass is 246 g/mol. The summed E-state index contributed by atoms with van der Waals surface area (Å²) >= 11 is 0. The van der Waals surface area contributed by atoms with Gasteiger partial charge in [-0.2, -0.15) is 0 Å². The van der Waals surface area contributed by atoms with Gasteiger partial charge in [-0.3, -0.25) is 0 Å². The second kappa shape index (κ2) is 8.34. The SMILES string of the molecule is CC(C)CCCCc1ccc(CCC(C)C)cc1. The van der Waals surface area contributed by atoms with Crippen molar-refractivity contribution in [1.29, 1.82) is 0 Å². The van der Waals surface area contributed by atoms with Crippen molar-refractivity contribution in [1.82, 2.24) is 0 Å². The molecule has 0 aliphatic heterocycles. The van der Waals surface area contributed by atoms with Crippen LogP contribution >= 0.6 is 0 Å². The van der Waals surface area contributed by atoms with Crippen molar-refractivity contribution in [2.24, 2.45) is 11.8 Å². The van der Waals surface area contributed by atoms with E-state index >= 15 is 0 Å². The smallest absolute Gasteiger partial charge is 0.0276 e. The molecule has 0 N–H and O–H groups in total. The molecule has 1 rings (SSSR count). The fourth-order valence-electron chi connectivity index (χ4n) is 2.21. The summed E-state index contributed by atoms with van der Waals surface area (Å²) in [6, 6.07) is 9.29. The van der Waals surface area contributed by atoms with Gasteiger partial charge >= 0.3 is 0 Å². The van der Waals surface area contributed by atoms with Crippen molar-refractivity contribution < 1.29 is 0 Å². The molecule has 1 aromatic rings. The standard InChI is InChI=1S/C18H30/c1-15(2)7-5-6-8-17-11-13-18(14-12-17)10-9-16(3)4/h11-16H,5-10H2,1-4H3. The molecule has 0 fully saturated rings. The summed E-state index contributed by atoms with van der Waals surface area (Å²) < 4.78 is 0. The van der Waals surface area contributed by atoms with Crippen LogP contribution in [0.3, 0.4) is 0 Å². The lowest BCUT2D eigenvalue weighted by Gasteiger charge is -2.07. The number of hydrogen-bond acceptors (Lipinski definition) is 0. The molecule has 0 heteroatoms. The van der Waals surface area contributed by atoms with Crippen LogP contribution in [-0.2, 0) is 12.8 Å². The lowest BCUT2D eigenvalue weighted by molar-refractivity contribution is 0.538. The summed E-state index contributed by atoms with van der Waals surface area (Å²) in [5, 5.41) is 0. The van der Waals surface area contributed by atoms with Gasteiger partial charge in [-0.05, 0) is 48.6 Å². The maximum absolute atomic E-state index is 2.32. The van der Waals surface area contributed by atoms with Crippen molar-refractivity contribution >= 4 is 0 Å². The largest absolute Gasteiger partial charge is 0.0628 e. The van der Waals surface area contributed by atoms with Crippen LogP contribution in [0.4, 0.5) is 0 Å². The van der Waals surface area contributed by atoms with Crippen molar-refractivity contribution in [3.05, 3.63) is 35.4 Å². The van der Waals surface area contributed by atoms with E-state index in [0.717, 1.165) is 11.8 Å². The molecule has 0 radical (unpaired) electrons. The first kappa shape index (κ1) is 15.3. The van der Waals surface area contributed by atoms with Gasteiger partial charge in [0, 0.05) is 0 Å². The van der Waals surface area contributed by atoms with E-state index in [0.29, 0.717) is 0 Å². The molecular weight excluding hydrogens is 216 g/mol. The predicted molar refractivity (Wildman–Crippen MR) is 82.0 cm³/mol. The summed E-state index contributed by atoms with van der Waals surface area (Å²) in [5.74, 6) is 1.66. The van der Waals surface area contributed by atoms with Gasteiger partial charge in [0.1, 0.15) is 0 Å². The minimum Gasteiger partial charge on any atom is -0.0628 e. The van der Waals surface area contributed by atoms with Crippen molar-refractivity contribution in [2.45, 2.75) is 66.2 Å². The van der Waals surface area contributed by atoms with Crippen molar-refractivity contribution in [3.63, 3.8) is 0 Å². The van der Waals surface area contributed by atoms with Crippen LogP contribution in [-0.4, -0.2) is 0 Å². The second-order valence-electron chi connectivity index (χ2n) is 6.39. The van der Waals surface area contributed by atoms with Gasteiger partial charge in [0.2, 0.25) is 0 Å². The fraction of sp³-hybridized carbons (Fsp3) is 0.667. The van der Waals surface area contributed by atoms with Gasteiger partial charge in [0.15, 0.2) is 0 Å². The summed E-state index contributed by atoms with van der Waals surface area (Å²) in [7, 11) is 0. The molecule has 0 unspecified atom stereocenters. The zero-order valence-electron chi connectivity index (χ0n) is 12.7. The molecule has 0 atom stereocenters. The van der Waals surface area contributed by atoms with E-state index < -0.39 is 0 Å². The third-order valence-corrected chi connectivity index (χ3v) is 3.53. The van der Waals surface area contributed by atoms with E-state index in [4.69, 9.17) is 0 Å². The van der Waals surface area contributed by atoms with Crippen LogP contribution in [0.25, 0.3) is 0 Å². The molecule has 0 bridgehead atoms. The Labute approximate surface area is 114 Å². The number of benzene rings is 1. The molecule has 1 aromatic carbocycles. The Bertz CT molecular complexity index is 305. The first-order valence-electron chi connectivity index (χ1n) is 7.65. The van der Waals surface area contributed by atoms with Gasteiger partial charge < -0.3 is 0 Å². The normalized spacial score (nSPS) is 11.4. The molecule has 0 nitrogen and oxygen atoms in total. The highest BCUT2D eigenvalue weighted by Gasteiger charge is 1.99. The van der Waals surface area contributed by atoms with Crippen LogP contribution in [0.1, 0.15) is 64.5 Å². The molecule has 102 valence electrons. The van der Waals surface area contributed by atoms with Gasteiger partial charge in [-0.1, -0.05) is 64.8 Å². The van der Waals surface area contributed by atoms with Crippen LogP contribution < -0.4 is 0 Å². The number of unbranched alkanes of at least 4 members (excludes halogenated alkanes) is 1. The van der Waals surface area contributed by atoms with E-state index in [1.165, 1.54) is 49.7 Å². The molecule has 0 aromatic heterocycles. The highest BCUT2D eigenvalue weighted by Crippen LogP contribution is 2.13. The lowest BCUT2D eigenvalue weighted by atomic mass is 9.99. The minimum absolute atomic E-state index is 0.806. The summed E-state index contributed by atoms with van der Waals surface area (Å²) in [6.45, 7) is 9.21. The molecule has 0 saturated heterocycles. The fourth-order valence-corrected chi connectivity index (χ4v) is 2.21. The molecule has 0 heterocycles. The van der Waals surface area contributed by atoms with Gasteiger partial charge in [0.25, 0.3) is 0 Å². The van der Waals surface area contributed by atoms with E-state index in [1.54, 1.807) is 0 Å². The van der Waals surface area contributed by atoms with E-state index in [-0.39, 0.29) is 0 Å². The van der Waals surface area contributed by atoms with Crippen LogP contribution in [0, 0.1) is 11.8 Å². The Hall–Kier alpha value is -0.780. The molecule has 0 saturated carbocycles. The maximum Gasteiger partial charge on any atom is -0.0276 e. The highest BCUT2D eigenvalue weighted by atomic mass is 14.0. The first-order chi connectivity index (χ1) is 8.58. The van der Waals surface area contributed by atoms with Gasteiger partial charge in [0.05, 0.1) is 0 Å². The van der Waals surface area contributed by atoms with Crippen LogP contribution in [0.5, 0.6) is 0 Å². The Kier molecular flexibility index (Phi) is 7.08. The zero-order chi connectivity index (χ0) is 13.4. The van der Waals surface area contributed by atoms with E-state index in [2.05, 4.69) is 52.0 Å². The van der Waals surface area contributed by atoms with E-state index in [9.17, 15) is 0 Å². The van der Waals surface area contributed by atoms with Gasteiger partial charge in [-0.25, -0.2) is 0 Å². The van der Waals surface area contributed by atoms with Crippen LogP contribution in [0.2, 0.25) is 0 Å². The third-order valence-electron chi connectivity index (χ3n) is 3.53. The number of hydrogen-bond donors (Lipinski definition) is 0. The van der Waals surface area contributed by atoms with Crippen LogP contribution in [0.15, 0.2) is 24.3 Å². The zero-order valence-corrected chi connectivity index (χ0v) is 12.7. The first-order valence-corrected chi connectivity index (χ1v) is 7.65. The maximum atomic E-state index is 2.32. The Balaban J connectivity index is 2.27. The Morgan fingerprint density at radius 3 is 1.67 bits per heavy atom. The number of aryl methyl sites for hydroxylation is 2. The molecular formula is C18H30. The minimum atomic E-state index is 0.806. The highest BCUT2D eigenvalue weighted by molar-refractivity contribution is 5.22. The summed E-state index contributed by atoms with van der Waals surface area (Å²) in [5.41, 5.74) is 3.00. The van der Waals surface area contributed by atoms with Crippen molar-refractivity contribution in [2.75, 3.05) is 0 Å². The Morgan fingerprint density at radius 1 is 0.667 bits per heavy atom. The molecule has 0 aliphatic rings. The molecule has 0 spiro atoms. The average molecular weight is 246 g/mol. The predicted octanol–water partition coefficient (Wildman–Crippen LogP) is 5.64.